The summed E-state index contributed by atoms with van der Waals surface area (Å²) in [6, 6.07) is 7.51. The van der Waals surface area contributed by atoms with Crippen LogP contribution < -0.4 is 10.9 Å². The van der Waals surface area contributed by atoms with Gasteiger partial charge in [-0.15, -0.1) is 12.4 Å². The molecule has 1 aliphatic rings. The van der Waals surface area contributed by atoms with Crippen molar-refractivity contribution < 1.29 is 4.79 Å². The largest absolute Gasteiger partial charge is 0.333 e. The van der Waals surface area contributed by atoms with E-state index in [2.05, 4.69) is 17.3 Å². The lowest BCUT2D eigenvalue weighted by Crippen LogP contribution is -2.42. The van der Waals surface area contributed by atoms with Crippen LogP contribution in [0.25, 0.3) is 10.8 Å². The second kappa shape index (κ2) is 9.85. The summed E-state index contributed by atoms with van der Waals surface area (Å²) >= 11 is 0. The maximum absolute atomic E-state index is 13.3. The number of rotatable bonds is 7. The van der Waals surface area contributed by atoms with Gasteiger partial charge in [-0.1, -0.05) is 38.0 Å². The fraction of sp³-hybridized carbons (Fsp3) is 0.550. The predicted octanol–water partition coefficient (Wildman–Crippen LogP) is 2.83. The van der Waals surface area contributed by atoms with Crippen molar-refractivity contribution >= 4 is 29.1 Å². The highest BCUT2D eigenvalue weighted by atomic mass is 35.5. The molecule has 7 heteroatoms. The van der Waals surface area contributed by atoms with Gasteiger partial charge in [0.25, 0.3) is 11.5 Å². The Balaban J connectivity index is 0.00000261. The molecule has 1 saturated heterocycles. The average Bonchev–Trinajstić information content (AvgIpc) is 3.12. The molecule has 1 aromatic carbocycles. The number of aromatic nitrogens is 2. The molecule has 6 nitrogen and oxygen atoms in total. The molecule has 0 radical (unpaired) electrons. The Kier molecular flexibility index (Phi) is 7.80. The van der Waals surface area contributed by atoms with Crippen molar-refractivity contribution in [2.45, 2.75) is 51.6 Å². The summed E-state index contributed by atoms with van der Waals surface area (Å²) in [6.45, 7) is 4.20. The lowest BCUT2D eigenvalue weighted by Gasteiger charge is -2.25. The summed E-state index contributed by atoms with van der Waals surface area (Å²) in [5.41, 5.74) is 0.293. The Morgan fingerprint density at radius 1 is 1.26 bits per heavy atom. The SMILES string of the molecule is CCCCCn1nc(C(=O)N2CCCC2CNC)c2ccccc2c1=O.Cl. The molecule has 0 aliphatic carbocycles. The normalized spacial score (nSPS) is 16.5. The molecule has 3 rings (SSSR count). The predicted molar refractivity (Wildman–Crippen MR) is 111 cm³/mol. The number of amides is 1. The molecule has 1 N–H and O–H groups in total. The number of aryl methyl sites for hydroxylation is 1. The van der Waals surface area contributed by atoms with E-state index >= 15 is 0 Å². The van der Waals surface area contributed by atoms with E-state index in [0.717, 1.165) is 45.2 Å². The monoisotopic (exact) mass is 392 g/mol. The van der Waals surface area contributed by atoms with Crippen LogP contribution in [0, 0.1) is 0 Å². The number of unbranched alkanes of at least 4 members (excludes halogenated alkanes) is 2. The summed E-state index contributed by atoms with van der Waals surface area (Å²) in [5, 5.41) is 8.90. The Hall–Kier alpha value is -1.92. The first-order valence-corrected chi connectivity index (χ1v) is 9.62. The van der Waals surface area contributed by atoms with E-state index in [1.807, 2.05) is 30.1 Å². The van der Waals surface area contributed by atoms with Crippen molar-refractivity contribution in [3.05, 3.63) is 40.3 Å². The summed E-state index contributed by atoms with van der Waals surface area (Å²) in [5.74, 6) is -0.0665. The first-order chi connectivity index (χ1) is 12.7. The minimum atomic E-state index is -0.110. The number of likely N-dealkylation sites (N-methyl/N-ethyl adjacent to an activating group) is 1. The topological polar surface area (TPSA) is 67.2 Å². The molecule has 1 atom stereocenters. The van der Waals surface area contributed by atoms with Crippen LogP contribution in [-0.4, -0.2) is 46.8 Å². The number of halogens is 1. The Labute approximate surface area is 166 Å². The number of carbonyl (C=O) groups excluding carboxylic acids is 1. The average molecular weight is 393 g/mol. The van der Waals surface area contributed by atoms with Gasteiger partial charge in [0.05, 0.1) is 5.39 Å². The number of hydrogen-bond acceptors (Lipinski definition) is 4. The van der Waals surface area contributed by atoms with Gasteiger partial charge in [-0.2, -0.15) is 5.10 Å². The van der Waals surface area contributed by atoms with Crippen LogP contribution in [0.1, 0.15) is 49.5 Å². The summed E-state index contributed by atoms with van der Waals surface area (Å²) < 4.78 is 1.48. The highest BCUT2D eigenvalue weighted by Crippen LogP contribution is 2.22. The number of carbonyl (C=O) groups is 1. The highest BCUT2D eigenvalue weighted by Gasteiger charge is 2.31. The van der Waals surface area contributed by atoms with Crippen molar-refractivity contribution in [2.75, 3.05) is 20.1 Å². The molecule has 1 amide bonds. The van der Waals surface area contributed by atoms with Gasteiger partial charge in [0.1, 0.15) is 0 Å². The fourth-order valence-electron chi connectivity index (χ4n) is 3.74. The van der Waals surface area contributed by atoms with Gasteiger partial charge in [0.15, 0.2) is 5.69 Å². The van der Waals surface area contributed by atoms with Crippen LogP contribution in [-0.2, 0) is 6.54 Å². The van der Waals surface area contributed by atoms with Gasteiger partial charge in [0.2, 0.25) is 0 Å². The molecule has 1 fully saturated rings. The first kappa shape index (κ1) is 21.4. The third-order valence-corrected chi connectivity index (χ3v) is 5.12. The molecule has 1 aromatic heterocycles. The van der Waals surface area contributed by atoms with E-state index in [9.17, 15) is 9.59 Å². The number of likely N-dealkylation sites (tertiary alicyclic amines) is 1. The molecule has 0 spiro atoms. The standard InChI is InChI=1S/C20H28N4O2.ClH/c1-3-4-7-13-24-19(25)17-11-6-5-10-16(17)18(22-24)20(26)23-12-8-9-15(23)14-21-2;/h5-6,10-11,15,21H,3-4,7-9,12-14H2,1-2H3;1H. The number of nitrogens with one attached hydrogen (secondary N) is 1. The third-order valence-electron chi connectivity index (χ3n) is 5.12. The van der Waals surface area contributed by atoms with E-state index in [0.29, 0.717) is 23.0 Å². The smallest absolute Gasteiger partial charge is 0.275 e. The van der Waals surface area contributed by atoms with Gasteiger partial charge in [-0.05, 0) is 32.4 Å². The van der Waals surface area contributed by atoms with Gasteiger partial charge < -0.3 is 10.2 Å². The minimum Gasteiger partial charge on any atom is -0.333 e. The molecular weight excluding hydrogens is 364 g/mol. The molecule has 2 aromatic rings. The highest BCUT2D eigenvalue weighted by molar-refractivity contribution is 6.05. The van der Waals surface area contributed by atoms with Crippen LogP contribution in [0.15, 0.2) is 29.1 Å². The molecular formula is C20H29ClN4O2. The van der Waals surface area contributed by atoms with Gasteiger partial charge in [-0.3, -0.25) is 9.59 Å². The van der Waals surface area contributed by atoms with Gasteiger partial charge >= 0.3 is 0 Å². The number of benzene rings is 1. The fourth-order valence-corrected chi connectivity index (χ4v) is 3.74. The van der Waals surface area contributed by atoms with Crippen molar-refractivity contribution in [1.82, 2.24) is 20.0 Å². The molecule has 0 saturated carbocycles. The molecule has 0 bridgehead atoms. The Bertz CT molecular complexity index is 836. The zero-order chi connectivity index (χ0) is 18.5. The maximum Gasteiger partial charge on any atom is 0.275 e. The Morgan fingerprint density at radius 2 is 2.00 bits per heavy atom. The lowest BCUT2D eigenvalue weighted by atomic mass is 10.1. The van der Waals surface area contributed by atoms with Gasteiger partial charge in [0, 0.05) is 31.1 Å². The van der Waals surface area contributed by atoms with E-state index in [4.69, 9.17) is 0 Å². The zero-order valence-electron chi connectivity index (χ0n) is 16.1. The van der Waals surface area contributed by atoms with Crippen LogP contribution in [0.2, 0.25) is 0 Å². The van der Waals surface area contributed by atoms with E-state index in [-0.39, 0.29) is 29.9 Å². The van der Waals surface area contributed by atoms with Crippen LogP contribution in [0.3, 0.4) is 0 Å². The quantitative estimate of drug-likeness (QED) is 0.736. The van der Waals surface area contributed by atoms with Crippen LogP contribution in [0.4, 0.5) is 0 Å². The molecule has 1 unspecified atom stereocenters. The molecule has 2 heterocycles. The lowest BCUT2D eigenvalue weighted by molar-refractivity contribution is 0.0730. The molecule has 148 valence electrons. The van der Waals surface area contributed by atoms with Crippen molar-refractivity contribution in [2.24, 2.45) is 0 Å². The van der Waals surface area contributed by atoms with Crippen LogP contribution >= 0.6 is 12.4 Å². The van der Waals surface area contributed by atoms with Crippen molar-refractivity contribution in [3.63, 3.8) is 0 Å². The van der Waals surface area contributed by atoms with Crippen molar-refractivity contribution in [3.8, 4) is 0 Å². The Morgan fingerprint density at radius 3 is 2.70 bits per heavy atom. The van der Waals surface area contributed by atoms with Crippen LogP contribution in [0.5, 0.6) is 0 Å². The van der Waals surface area contributed by atoms with E-state index < -0.39 is 0 Å². The second-order valence-corrected chi connectivity index (χ2v) is 6.98. The number of fused-ring (bicyclic) bond motifs is 1. The van der Waals surface area contributed by atoms with E-state index in [1.54, 1.807) is 6.07 Å². The third kappa shape index (κ3) is 4.50. The molecule has 1 aliphatic heterocycles. The second-order valence-electron chi connectivity index (χ2n) is 6.98. The minimum absolute atomic E-state index is 0. The summed E-state index contributed by atoms with van der Waals surface area (Å²) in [6.07, 6.45) is 5.02. The first-order valence-electron chi connectivity index (χ1n) is 9.62. The zero-order valence-corrected chi connectivity index (χ0v) is 16.9. The number of hydrogen-bond donors (Lipinski definition) is 1. The van der Waals surface area contributed by atoms with E-state index in [1.165, 1.54) is 4.68 Å². The summed E-state index contributed by atoms with van der Waals surface area (Å²) in [4.78, 5) is 27.9. The maximum atomic E-state index is 13.3. The number of nitrogens with zero attached hydrogens (tertiary/aromatic N) is 3. The van der Waals surface area contributed by atoms with Gasteiger partial charge in [-0.25, -0.2) is 4.68 Å². The van der Waals surface area contributed by atoms with Crippen molar-refractivity contribution in [1.29, 1.82) is 0 Å². The molecule has 27 heavy (non-hydrogen) atoms. The summed E-state index contributed by atoms with van der Waals surface area (Å²) in [7, 11) is 1.91.